The molecule has 1 aliphatic rings. The van der Waals surface area contributed by atoms with Gasteiger partial charge in [-0.1, -0.05) is 13.0 Å². The van der Waals surface area contributed by atoms with Gasteiger partial charge >= 0.3 is 0 Å². The van der Waals surface area contributed by atoms with Gasteiger partial charge in [0.1, 0.15) is 5.76 Å². The van der Waals surface area contributed by atoms with Crippen molar-refractivity contribution in [3.63, 3.8) is 0 Å². The van der Waals surface area contributed by atoms with Crippen molar-refractivity contribution >= 4 is 23.2 Å². The standard InChI is InChI=1S/C17H20N2O3S/c1-12-6-7-19(13(10-12)14-4-2-8-22-14)16(20)11-18-17(21)15-5-3-9-23-15/h2-5,8-9,12-13H,6-7,10-11H2,1H3,(H,18,21)/t12-,13-/m0/s1. The fraction of sp³-hybridized carbons (Fsp3) is 0.412. The lowest BCUT2D eigenvalue weighted by Gasteiger charge is -2.37. The lowest BCUT2D eigenvalue weighted by Crippen LogP contribution is -2.45. The maximum absolute atomic E-state index is 12.6. The van der Waals surface area contributed by atoms with Crippen LogP contribution in [0.15, 0.2) is 40.3 Å². The van der Waals surface area contributed by atoms with E-state index in [1.165, 1.54) is 11.3 Å². The second kappa shape index (κ2) is 7.00. The van der Waals surface area contributed by atoms with Crippen molar-refractivity contribution in [2.75, 3.05) is 13.1 Å². The monoisotopic (exact) mass is 332 g/mol. The minimum Gasteiger partial charge on any atom is -0.467 e. The highest BCUT2D eigenvalue weighted by molar-refractivity contribution is 7.12. The summed E-state index contributed by atoms with van der Waals surface area (Å²) in [5.74, 6) is 1.10. The minimum absolute atomic E-state index is 0.0162. The van der Waals surface area contributed by atoms with Crippen LogP contribution in [0.2, 0.25) is 0 Å². The number of hydrogen-bond donors (Lipinski definition) is 1. The second-order valence-electron chi connectivity index (χ2n) is 5.91. The van der Waals surface area contributed by atoms with Crippen LogP contribution < -0.4 is 5.32 Å². The van der Waals surface area contributed by atoms with Crippen molar-refractivity contribution < 1.29 is 14.0 Å². The number of nitrogens with one attached hydrogen (secondary N) is 1. The average molecular weight is 332 g/mol. The Balaban J connectivity index is 1.64. The number of nitrogens with zero attached hydrogens (tertiary/aromatic N) is 1. The molecular weight excluding hydrogens is 312 g/mol. The van der Waals surface area contributed by atoms with Crippen LogP contribution in [0.25, 0.3) is 0 Å². The van der Waals surface area contributed by atoms with Gasteiger partial charge in [0.2, 0.25) is 5.91 Å². The van der Waals surface area contributed by atoms with Crippen LogP contribution in [0.5, 0.6) is 0 Å². The van der Waals surface area contributed by atoms with E-state index >= 15 is 0 Å². The SMILES string of the molecule is C[C@H]1CCN(C(=O)CNC(=O)c2cccs2)[C@H](c2ccco2)C1. The van der Waals surface area contributed by atoms with Crippen LogP contribution in [-0.4, -0.2) is 29.8 Å². The summed E-state index contributed by atoms with van der Waals surface area (Å²) in [7, 11) is 0. The summed E-state index contributed by atoms with van der Waals surface area (Å²) >= 11 is 1.37. The zero-order valence-electron chi connectivity index (χ0n) is 13.0. The molecule has 2 aromatic heterocycles. The molecule has 1 fully saturated rings. The number of carbonyl (C=O) groups excluding carboxylic acids is 2. The molecule has 2 atom stereocenters. The first-order valence-corrected chi connectivity index (χ1v) is 8.67. The summed E-state index contributed by atoms with van der Waals surface area (Å²) in [4.78, 5) is 27.0. The number of likely N-dealkylation sites (tertiary alicyclic amines) is 1. The molecule has 0 spiro atoms. The van der Waals surface area contributed by atoms with E-state index in [4.69, 9.17) is 4.42 Å². The van der Waals surface area contributed by atoms with E-state index in [1.54, 1.807) is 12.3 Å². The third-order valence-corrected chi connectivity index (χ3v) is 5.07. The van der Waals surface area contributed by atoms with Gasteiger partial charge in [-0.05, 0) is 42.3 Å². The van der Waals surface area contributed by atoms with Gasteiger partial charge < -0.3 is 14.6 Å². The molecule has 6 heteroatoms. The van der Waals surface area contributed by atoms with Crippen molar-refractivity contribution in [3.05, 3.63) is 46.5 Å². The molecule has 2 amide bonds. The number of carbonyl (C=O) groups is 2. The van der Waals surface area contributed by atoms with Crippen LogP contribution in [0, 0.1) is 5.92 Å². The molecule has 0 radical (unpaired) electrons. The van der Waals surface area contributed by atoms with Crippen LogP contribution in [0.3, 0.4) is 0 Å². The molecule has 5 nitrogen and oxygen atoms in total. The Kier molecular flexibility index (Phi) is 4.81. The van der Waals surface area contributed by atoms with E-state index in [0.717, 1.165) is 18.6 Å². The summed E-state index contributed by atoms with van der Waals surface area (Å²) in [5.41, 5.74) is 0. The molecule has 0 bridgehead atoms. The van der Waals surface area contributed by atoms with E-state index in [-0.39, 0.29) is 24.4 Å². The van der Waals surface area contributed by atoms with E-state index in [0.29, 0.717) is 17.3 Å². The fourth-order valence-electron chi connectivity index (χ4n) is 2.94. The van der Waals surface area contributed by atoms with Gasteiger partial charge in [-0.2, -0.15) is 0 Å². The highest BCUT2D eigenvalue weighted by Gasteiger charge is 2.32. The fourth-order valence-corrected chi connectivity index (χ4v) is 3.58. The maximum Gasteiger partial charge on any atom is 0.261 e. The summed E-state index contributed by atoms with van der Waals surface area (Å²) < 4.78 is 5.51. The summed E-state index contributed by atoms with van der Waals surface area (Å²) in [6.45, 7) is 2.90. The highest BCUT2D eigenvalue weighted by atomic mass is 32.1. The Hall–Kier alpha value is -2.08. The van der Waals surface area contributed by atoms with E-state index < -0.39 is 0 Å². The third-order valence-electron chi connectivity index (χ3n) is 4.20. The smallest absolute Gasteiger partial charge is 0.261 e. The van der Waals surface area contributed by atoms with Gasteiger partial charge in [-0.25, -0.2) is 0 Å². The van der Waals surface area contributed by atoms with Crippen molar-refractivity contribution in [2.24, 2.45) is 5.92 Å². The van der Waals surface area contributed by atoms with E-state index in [1.807, 2.05) is 28.5 Å². The van der Waals surface area contributed by atoms with Crippen LogP contribution in [0.1, 0.15) is 41.2 Å². The van der Waals surface area contributed by atoms with E-state index in [9.17, 15) is 9.59 Å². The van der Waals surface area contributed by atoms with Gasteiger partial charge in [0.05, 0.1) is 23.7 Å². The molecule has 3 heterocycles. The first-order valence-electron chi connectivity index (χ1n) is 7.79. The molecule has 1 N–H and O–H groups in total. The number of furan rings is 1. The Morgan fingerprint density at radius 1 is 1.39 bits per heavy atom. The Morgan fingerprint density at radius 2 is 2.26 bits per heavy atom. The van der Waals surface area contributed by atoms with Gasteiger partial charge in [0, 0.05) is 6.54 Å². The van der Waals surface area contributed by atoms with Gasteiger partial charge in [0.25, 0.3) is 5.91 Å². The van der Waals surface area contributed by atoms with Gasteiger partial charge in [0.15, 0.2) is 0 Å². The molecular formula is C17H20N2O3S. The number of piperidine rings is 1. The molecule has 3 rings (SSSR count). The number of amides is 2. The molecule has 0 aliphatic carbocycles. The molecule has 2 aromatic rings. The molecule has 1 aliphatic heterocycles. The lowest BCUT2D eigenvalue weighted by molar-refractivity contribution is -0.135. The highest BCUT2D eigenvalue weighted by Crippen LogP contribution is 2.34. The average Bonchev–Trinajstić information content (AvgIpc) is 3.24. The quantitative estimate of drug-likeness (QED) is 0.936. The number of hydrogen-bond acceptors (Lipinski definition) is 4. The van der Waals surface area contributed by atoms with Gasteiger partial charge in [-0.3, -0.25) is 9.59 Å². The van der Waals surface area contributed by atoms with Crippen molar-refractivity contribution in [1.82, 2.24) is 10.2 Å². The topological polar surface area (TPSA) is 62.6 Å². The summed E-state index contributed by atoms with van der Waals surface area (Å²) in [6.07, 6.45) is 3.50. The third kappa shape index (κ3) is 3.64. The zero-order valence-corrected chi connectivity index (χ0v) is 13.8. The van der Waals surface area contributed by atoms with Crippen LogP contribution >= 0.6 is 11.3 Å². The van der Waals surface area contributed by atoms with Crippen LogP contribution in [0.4, 0.5) is 0 Å². The van der Waals surface area contributed by atoms with Crippen molar-refractivity contribution in [3.8, 4) is 0 Å². The van der Waals surface area contributed by atoms with Crippen LogP contribution in [-0.2, 0) is 4.79 Å². The lowest BCUT2D eigenvalue weighted by atomic mass is 9.91. The number of thiophene rings is 1. The predicted octanol–water partition coefficient (Wildman–Crippen LogP) is 3.07. The summed E-state index contributed by atoms with van der Waals surface area (Å²) in [6, 6.07) is 7.28. The largest absolute Gasteiger partial charge is 0.467 e. The molecule has 0 aromatic carbocycles. The molecule has 0 saturated carbocycles. The molecule has 122 valence electrons. The first-order chi connectivity index (χ1) is 11.1. The zero-order chi connectivity index (χ0) is 16.2. The maximum atomic E-state index is 12.6. The second-order valence-corrected chi connectivity index (χ2v) is 6.86. The van der Waals surface area contributed by atoms with Crippen molar-refractivity contribution in [2.45, 2.75) is 25.8 Å². The Bertz CT molecular complexity index is 651. The van der Waals surface area contributed by atoms with Crippen molar-refractivity contribution in [1.29, 1.82) is 0 Å². The Morgan fingerprint density at radius 3 is 2.96 bits per heavy atom. The summed E-state index contributed by atoms with van der Waals surface area (Å²) in [5, 5.41) is 4.55. The van der Waals surface area contributed by atoms with Gasteiger partial charge in [-0.15, -0.1) is 11.3 Å². The Labute approximate surface area is 139 Å². The molecule has 0 unspecified atom stereocenters. The molecule has 1 saturated heterocycles. The van der Waals surface area contributed by atoms with E-state index in [2.05, 4.69) is 12.2 Å². The molecule has 23 heavy (non-hydrogen) atoms. The normalized spacial score (nSPS) is 21.2. The first kappa shape index (κ1) is 15.8. The number of rotatable bonds is 4. The minimum atomic E-state index is -0.201. The predicted molar refractivity (Wildman–Crippen MR) is 88.2 cm³/mol.